The highest BCUT2D eigenvalue weighted by Gasteiger charge is 2.03. The van der Waals surface area contributed by atoms with Crippen LogP contribution in [-0.2, 0) is 0 Å². The maximum atomic E-state index is 5.46. The Morgan fingerprint density at radius 3 is 2.93 bits per heavy atom. The van der Waals surface area contributed by atoms with Crippen molar-refractivity contribution in [3.8, 4) is 17.3 Å². The van der Waals surface area contributed by atoms with Crippen molar-refractivity contribution in [3.63, 3.8) is 0 Å². The van der Waals surface area contributed by atoms with Gasteiger partial charge in [-0.3, -0.25) is 0 Å². The summed E-state index contributed by atoms with van der Waals surface area (Å²) in [6.45, 7) is 0. The number of imidazole rings is 1. The molecule has 5 nitrogen and oxygen atoms in total. The molecule has 14 heavy (non-hydrogen) atoms. The van der Waals surface area contributed by atoms with E-state index in [1.165, 1.54) is 0 Å². The molecular formula is C9H10N4O. The third kappa shape index (κ3) is 1.52. The number of hydrogen-bond donors (Lipinski definition) is 2. The quantitative estimate of drug-likeness (QED) is 0.742. The van der Waals surface area contributed by atoms with Crippen molar-refractivity contribution in [2.75, 3.05) is 12.8 Å². The van der Waals surface area contributed by atoms with Crippen LogP contribution >= 0.6 is 0 Å². The van der Waals surface area contributed by atoms with Crippen molar-refractivity contribution >= 4 is 5.95 Å². The molecule has 0 aliphatic heterocycles. The second-order valence-electron chi connectivity index (χ2n) is 2.75. The molecule has 0 fully saturated rings. The lowest BCUT2D eigenvalue weighted by Crippen LogP contribution is -1.90. The molecule has 0 spiro atoms. The summed E-state index contributed by atoms with van der Waals surface area (Å²) in [6.07, 6.45) is 1.64. The maximum Gasteiger partial charge on any atom is 0.213 e. The van der Waals surface area contributed by atoms with Gasteiger partial charge in [0.05, 0.1) is 24.7 Å². The van der Waals surface area contributed by atoms with Crippen LogP contribution in [0.3, 0.4) is 0 Å². The Labute approximate surface area is 81.0 Å². The van der Waals surface area contributed by atoms with Crippen LogP contribution in [0.5, 0.6) is 5.88 Å². The number of aromatic nitrogens is 3. The summed E-state index contributed by atoms with van der Waals surface area (Å²) in [5.41, 5.74) is 7.00. The van der Waals surface area contributed by atoms with Gasteiger partial charge in [-0.2, -0.15) is 0 Å². The van der Waals surface area contributed by atoms with Gasteiger partial charge in [-0.25, -0.2) is 9.97 Å². The van der Waals surface area contributed by atoms with Crippen molar-refractivity contribution in [1.29, 1.82) is 0 Å². The van der Waals surface area contributed by atoms with Crippen LogP contribution < -0.4 is 10.5 Å². The summed E-state index contributed by atoms with van der Waals surface area (Å²) in [5.74, 6) is 0.945. The average molecular weight is 190 g/mol. The van der Waals surface area contributed by atoms with E-state index in [9.17, 15) is 0 Å². The van der Waals surface area contributed by atoms with Gasteiger partial charge < -0.3 is 15.5 Å². The van der Waals surface area contributed by atoms with Crippen molar-refractivity contribution in [1.82, 2.24) is 15.0 Å². The fourth-order valence-corrected chi connectivity index (χ4v) is 1.15. The summed E-state index contributed by atoms with van der Waals surface area (Å²) >= 11 is 0. The molecule has 0 atom stereocenters. The molecule has 0 unspecified atom stereocenters. The van der Waals surface area contributed by atoms with E-state index in [-0.39, 0.29) is 0 Å². The van der Waals surface area contributed by atoms with Crippen LogP contribution in [0, 0.1) is 0 Å². The van der Waals surface area contributed by atoms with Crippen LogP contribution in [0.2, 0.25) is 0 Å². The zero-order chi connectivity index (χ0) is 9.97. The number of anilines is 1. The molecule has 2 rings (SSSR count). The van der Waals surface area contributed by atoms with E-state index in [0.29, 0.717) is 11.8 Å². The summed E-state index contributed by atoms with van der Waals surface area (Å²) < 4.78 is 5.01. The molecule has 0 bridgehead atoms. The maximum absolute atomic E-state index is 5.46. The Morgan fingerprint density at radius 2 is 2.29 bits per heavy atom. The second kappa shape index (κ2) is 3.37. The van der Waals surface area contributed by atoms with Crippen LogP contribution in [-0.4, -0.2) is 22.1 Å². The van der Waals surface area contributed by atoms with E-state index in [1.54, 1.807) is 19.4 Å². The van der Waals surface area contributed by atoms with Crippen molar-refractivity contribution in [3.05, 3.63) is 24.4 Å². The first-order valence-corrected chi connectivity index (χ1v) is 4.11. The molecule has 0 amide bonds. The van der Waals surface area contributed by atoms with Gasteiger partial charge in [-0.15, -0.1) is 0 Å². The molecule has 0 saturated heterocycles. The predicted molar refractivity (Wildman–Crippen MR) is 52.8 cm³/mol. The number of ether oxygens (including phenoxy) is 1. The summed E-state index contributed by atoms with van der Waals surface area (Å²) in [5, 5.41) is 0. The fraction of sp³-hybridized carbons (Fsp3) is 0.111. The predicted octanol–water partition coefficient (Wildman–Crippen LogP) is 1.06. The number of methoxy groups -OCH3 is 1. The summed E-state index contributed by atoms with van der Waals surface area (Å²) in [4.78, 5) is 11.0. The monoisotopic (exact) mass is 190 g/mol. The average Bonchev–Trinajstić information content (AvgIpc) is 2.65. The van der Waals surface area contributed by atoms with Crippen molar-refractivity contribution in [2.24, 2.45) is 0 Å². The number of nitrogens with two attached hydrogens (primary N) is 1. The normalized spacial score (nSPS) is 10.1. The fourth-order valence-electron chi connectivity index (χ4n) is 1.15. The van der Waals surface area contributed by atoms with Gasteiger partial charge in [-0.1, -0.05) is 6.07 Å². The molecule has 0 aliphatic carbocycles. The molecule has 2 aromatic rings. The molecule has 0 aromatic carbocycles. The molecule has 2 aromatic heterocycles. The number of nitrogen functional groups attached to an aromatic ring is 1. The lowest BCUT2D eigenvalue weighted by molar-refractivity contribution is 0.398. The zero-order valence-corrected chi connectivity index (χ0v) is 7.69. The molecule has 3 N–H and O–H groups in total. The highest BCUT2D eigenvalue weighted by molar-refractivity contribution is 5.55. The smallest absolute Gasteiger partial charge is 0.213 e. The van der Waals surface area contributed by atoms with Crippen LogP contribution in [0.15, 0.2) is 24.4 Å². The first kappa shape index (κ1) is 8.55. The minimum Gasteiger partial charge on any atom is -0.481 e. The van der Waals surface area contributed by atoms with Gasteiger partial charge in [0.25, 0.3) is 0 Å². The van der Waals surface area contributed by atoms with Gasteiger partial charge in [-0.05, 0) is 6.07 Å². The zero-order valence-electron chi connectivity index (χ0n) is 7.69. The Hall–Kier alpha value is -2.04. The van der Waals surface area contributed by atoms with Gasteiger partial charge in [0, 0.05) is 6.07 Å². The third-order valence-corrected chi connectivity index (χ3v) is 1.80. The third-order valence-electron chi connectivity index (χ3n) is 1.80. The summed E-state index contributed by atoms with van der Waals surface area (Å²) in [7, 11) is 1.58. The molecule has 0 radical (unpaired) electrons. The van der Waals surface area contributed by atoms with E-state index >= 15 is 0 Å². The SMILES string of the molecule is COc1cccc(-c2cnc(N)[nH]2)n1. The van der Waals surface area contributed by atoms with E-state index in [2.05, 4.69) is 15.0 Å². The number of H-pyrrole nitrogens is 1. The van der Waals surface area contributed by atoms with E-state index in [0.717, 1.165) is 11.4 Å². The number of hydrogen-bond acceptors (Lipinski definition) is 4. The Kier molecular flexibility index (Phi) is 2.06. The van der Waals surface area contributed by atoms with Crippen LogP contribution in [0.1, 0.15) is 0 Å². The molecule has 2 heterocycles. The lowest BCUT2D eigenvalue weighted by Gasteiger charge is -2.00. The van der Waals surface area contributed by atoms with E-state index in [4.69, 9.17) is 10.5 Å². The summed E-state index contributed by atoms with van der Waals surface area (Å²) in [6, 6.07) is 5.50. The molecule has 72 valence electrons. The van der Waals surface area contributed by atoms with Crippen molar-refractivity contribution < 1.29 is 4.74 Å². The molecule has 5 heteroatoms. The molecular weight excluding hydrogens is 180 g/mol. The second-order valence-corrected chi connectivity index (χ2v) is 2.75. The van der Waals surface area contributed by atoms with Gasteiger partial charge in [0.2, 0.25) is 5.88 Å². The minimum atomic E-state index is 0.379. The standard InChI is InChI=1S/C9H10N4O/c1-14-8-4-2-3-6(12-8)7-5-11-9(10)13-7/h2-5H,1H3,(H3,10,11,13). The Bertz CT molecular complexity index is 438. The highest BCUT2D eigenvalue weighted by atomic mass is 16.5. The van der Waals surface area contributed by atoms with Crippen LogP contribution in [0.25, 0.3) is 11.4 Å². The van der Waals surface area contributed by atoms with E-state index < -0.39 is 0 Å². The lowest BCUT2D eigenvalue weighted by atomic mass is 10.3. The van der Waals surface area contributed by atoms with Crippen molar-refractivity contribution in [2.45, 2.75) is 0 Å². The Balaban J connectivity index is 2.41. The minimum absolute atomic E-state index is 0.379. The Morgan fingerprint density at radius 1 is 1.43 bits per heavy atom. The largest absolute Gasteiger partial charge is 0.481 e. The van der Waals surface area contributed by atoms with E-state index in [1.807, 2.05) is 12.1 Å². The first-order chi connectivity index (χ1) is 6.79. The van der Waals surface area contributed by atoms with Gasteiger partial charge in [0.1, 0.15) is 0 Å². The number of aromatic amines is 1. The number of nitrogens with one attached hydrogen (secondary N) is 1. The highest BCUT2D eigenvalue weighted by Crippen LogP contribution is 2.17. The molecule has 0 aliphatic rings. The number of pyridine rings is 1. The first-order valence-electron chi connectivity index (χ1n) is 4.11. The topological polar surface area (TPSA) is 76.8 Å². The van der Waals surface area contributed by atoms with Gasteiger partial charge >= 0.3 is 0 Å². The number of rotatable bonds is 2. The van der Waals surface area contributed by atoms with Crippen LogP contribution in [0.4, 0.5) is 5.95 Å². The number of nitrogens with zero attached hydrogens (tertiary/aromatic N) is 2. The molecule has 0 saturated carbocycles. The van der Waals surface area contributed by atoms with Gasteiger partial charge in [0.15, 0.2) is 5.95 Å².